The van der Waals surface area contributed by atoms with E-state index in [4.69, 9.17) is 10.8 Å². The van der Waals surface area contributed by atoms with Gasteiger partial charge < -0.3 is 21.5 Å². The molecule has 0 fully saturated rings. The number of hydrogen-bond donors (Lipinski definition) is 4. The zero-order valence-electron chi connectivity index (χ0n) is 9.34. The molecule has 0 unspecified atom stereocenters. The van der Waals surface area contributed by atoms with Crippen LogP contribution in [0.15, 0.2) is 18.3 Å². The molecule has 18 heavy (non-hydrogen) atoms. The van der Waals surface area contributed by atoms with Gasteiger partial charge in [0.2, 0.25) is 5.91 Å². The quantitative estimate of drug-likeness (QED) is 0.550. The van der Waals surface area contributed by atoms with E-state index in [1.165, 1.54) is 18.3 Å². The van der Waals surface area contributed by atoms with E-state index in [0.717, 1.165) is 0 Å². The molecule has 0 aromatic carbocycles. The highest BCUT2D eigenvalue weighted by Crippen LogP contribution is 2.06. The number of aliphatic carboxylic acids is 1. The van der Waals surface area contributed by atoms with Gasteiger partial charge in [-0.15, -0.1) is 0 Å². The monoisotopic (exact) mass is 252 g/mol. The number of amides is 3. The van der Waals surface area contributed by atoms with Crippen molar-refractivity contribution in [1.29, 1.82) is 0 Å². The van der Waals surface area contributed by atoms with Crippen molar-refractivity contribution in [3.05, 3.63) is 24.0 Å². The number of nitrogens with zero attached hydrogens (tertiary/aromatic N) is 1. The maximum absolute atomic E-state index is 11.2. The summed E-state index contributed by atoms with van der Waals surface area (Å²) < 4.78 is 0. The number of carboxylic acids is 1. The molecule has 8 nitrogen and oxygen atoms in total. The lowest BCUT2D eigenvalue weighted by Crippen LogP contribution is -2.36. The van der Waals surface area contributed by atoms with Gasteiger partial charge >= 0.3 is 12.0 Å². The first-order valence-corrected chi connectivity index (χ1v) is 4.97. The van der Waals surface area contributed by atoms with Gasteiger partial charge in [0.15, 0.2) is 0 Å². The molecule has 0 saturated carbocycles. The molecule has 0 saturated heterocycles. The fourth-order valence-electron chi connectivity index (χ4n) is 1.10. The first-order valence-electron chi connectivity index (χ1n) is 4.97. The third-order valence-electron chi connectivity index (χ3n) is 1.84. The Bertz CT molecular complexity index is 457. The Morgan fingerprint density at radius 1 is 1.33 bits per heavy atom. The Kier molecular flexibility index (Phi) is 4.61. The van der Waals surface area contributed by atoms with Crippen LogP contribution in [0.4, 0.5) is 10.5 Å². The van der Waals surface area contributed by atoms with Gasteiger partial charge in [-0.05, 0) is 12.1 Å². The fourth-order valence-corrected chi connectivity index (χ4v) is 1.10. The van der Waals surface area contributed by atoms with E-state index < -0.39 is 17.9 Å². The van der Waals surface area contributed by atoms with Crippen LogP contribution in [0, 0.1) is 0 Å². The molecule has 1 aromatic rings. The Hall–Kier alpha value is -2.64. The number of rotatable bonds is 5. The third kappa shape index (κ3) is 4.92. The summed E-state index contributed by atoms with van der Waals surface area (Å²) in [7, 11) is 0. The third-order valence-corrected chi connectivity index (χ3v) is 1.84. The molecule has 96 valence electrons. The second kappa shape index (κ2) is 6.18. The number of hydrogen-bond acceptors (Lipinski definition) is 4. The number of anilines is 1. The second-order valence-corrected chi connectivity index (χ2v) is 3.38. The van der Waals surface area contributed by atoms with E-state index >= 15 is 0 Å². The SMILES string of the molecule is NC(=O)CNC(=O)Nc1ccc(CC(=O)O)nc1. The lowest BCUT2D eigenvalue weighted by molar-refractivity contribution is -0.136. The number of carboxylic acid groups (broad SMARTS) is 1. The molecule has 0 aliphatic rings. The van der Waals surface area contributed by atoms with E-state index in [-0.39, 0.29) is 13.0 Å². The summed E-state index contributed by atoms with van der Waals surface area (Å²) in [4.78, 5) is 35.9. The van der Waals surface area contributed by atoms with Crippen LogP contribution in [0.3, 0.4) is 0 Å². The summed E-state index contributed by atoms with van der Waals surface area (Å²) in [5, 5.41) is 13.2. The summed E-state index contributed by atoms with van der Waals surface area (Å²) >= 11 is 0. The molecule has 0 aliphatic heterocycles. The van der Waals surface area contributed by atoms with Gasteiger partial charge in [0.25, 0.3) is 0 Å². The number of pyridine rings is 1. The normalized spacial score (nSPS) is 9.56. The largest absolute Gasteiger partial charge is 0.481 e. The number of carbonyl (C=O) groups is 3. The number of nitrogens with one attached hydrogen (secondary N) is 2. The lowest BCUT2D eigenvalue weighted by atomic mass is 10.2. The molecule has 0 bridgehead atoms. The second-order valence-electron chi connectivity index (χ2n) is 3.38. The Morgan fingerprint density at radius 3 is 2.56 bits per heavy atom. The molecule has 0 atom stereocenters. The van der Waals surface area contributed by atoms with E-state index in [0.29, 0.717) is 11.4 Å². The zero-order valence-corrected chi connectivity index (χ0v) is 9.34. The average molecular weight is 252 g/mol. The van der Waals surface area contributed by atoms with E-state index in [9.17, 15) is 14.4 Å². The Morgan fingerprint density at radius 2 is 2.06 bits per heavy atom. The van der Waals surface area contributed by atoms with Crippen molar-refractivity contribution >= 4 is 23.6 Å². The molecular weight excluding hydrogens is 240 g/mol. The summed E-state index contributed by atoms with van der Waals surface area (Å²) in [6.07, 6.45) is 1.14. The van der Waals surface area contributed by atoms with Crippen LogP contribution in [-0.2, 0) is 16.0 Å². The Labute approximate surface area is 102 Å². The van der Waals surface area contributed by atoms with Gasteiger partial charge in [0.1, 0.15) is 0 Å². The minimum atomic E-state index is -0.984. The van der Waals surface area contributed by atoms with Crippen molar-refractivity contribution in [3.63, 3.8) is 0 Å². The van der Waals surface area contributed by atoms with Crippen LogP contribution in [0.25, 0.3) is 0 Å². The molecule has 1 heterocycles. The number of urea groups is 1. The Balaban J connectivity index is 2.50. The standard InChI is InChI=1S/C10H12N4O4/c11-8(15)5-13-10(18)14-7-2-1-6(12-4-7)3-9(16)17/h1-2,4H,3,5H2,(H2,11,15)(H,16,17)(H2,13,14,18). The summed E-state index contributed by atoms with van der Waals surface area (Å²) in [6.45, 7) is -0.268. The maximum Gasteiger partial charge on any atom is 0.319 e. The van der Waals surface area contributed by atoms with Crippen molar-refractivity contribution in [3.8, 4) is 0 Å². The highest BCUT2D eigenvalue weighted by molar-refractivity contribution is 5.91. The molecule has 1 aromatic heterocycles. The first kappa shape index (κ1) is 13.4. The predicted molar refractivity (Wildman–Crippen MR) is 61.8 cm³/mol. The van der Waals surface area contributed by atoms with Gasteiger partial charge in [-0.3, -0.25) is 14.6 Å². The van der Waals surface area contributed by atoms with Gasteiger partial charge in [-0.25, -0.2) is 4.79 Å². The van der Waals surface area contributed by atoms with Crippen LogP contribution in [0.2, 0.25) is 0 Å². The van der Waals surface area contributed by atoms with Crippen molar-refractivity contribution < 1.29 is 19.5 Å². The van der Waals surface area contributed by atoms with Crippen LogP contribution in [-0.4, -0.2) is 34.5 Å². The molecule has 0 spiro atoms. The van der Waals surface area contributed by atoms with Crippen LogP contribution >= 0.6 is 0 Å². The zero-order chi connectivity index (χ0) is 13.5. The lowest BCUT2D eigenvalue weighted by Gasteiger charge is -2.06. The van der Waals surface area contributed by atoms with Crippen molar-refractivity contribution in [2.45, 2.75) is 6.42 Å². The predicted octanol–water partition coefficient (Wildman–Crippen LogP) is -0.685. The van der Waals surface area contributed by atoms with Gasteiger partial charge in [-0.1, -0.05) is 0 Å². The number of aromatic nitrogens is 1. The van der Waals surface area contributed by atoms with Gasteiger partial charge in [-0.2, -0.15) is 0 Å². The van der Waals surface area contributed by atoms with Crippen LogP contribution < -0.4 is 16.4 Å². The van der Waals surface area contributed by atoms with E-state index in [2.05, 4.69) is 15.6 Å². The van der Waals surface area contributed by atoms with Crippen molar-refractivity contribution in [1.82, 2.24) is 10.3 Å². The van der Waals surface area contributed by atoms with Crippen molar-refractivity contribution in [2.75, 3.05) is 11.9 Å². The first-order chi connectivity index (χ1) is 8.47. The summed E-state index contributed by atoms with van der Waals surface area (Å²) in [6, 6.07) is 2.40. The van der Waals surface area contributed by atoms with E-state index in [1.54, 1.807) is 0 Å². The minimum absolute atomic E-state index is 0.186. The molecule has 0 aliphatic carbocycles. The maximum atomic E-state index is 11.2. The molecule has 0 radical (unpaired) electrons. The van der Waals surface area contributed by atoms with Crippen LogP contribution in [0.1, 0.15) is 5.69 Å². The molecule has 1 rings (SSSR count). The summed E-state index contributed by atoms with van der Waals surface area (Å²) in [5.74, 6) is -1.64. The summed E-state index contributed by atoms with van der Waals surface area (Å²) in [5.41, 5.74) is 5.61. The van der Waals surface area contributed by atoms with Gasteiger partial charge in [0, 0.05) is 0 Å². The molecular formula is C10H12N4O4. The average Bonchev–Trinajstić information content (AvgIpc) is 2.28. The highest BCUT2D eigenvalue weighted by Gasteiger charge is 2.05. The van der Waals surface area contributed by atoms with E-state index in [1.807, 2.05) is 0 Å². The number of nitrogens with two attached hydrogens (primary N) is 1. The smallest absolute Gasteiger partial charge is 0.319 e. The molecule has 8 heteroatoms. The van der Waals surface area contributed by atoms with Crippen molar-refractivity contribution in [2.24, 2.45) is 5.73 Å². The van der Waals surface area contributed by atoms with Crippen LogP contribution in [0.5, 0.6) is 0 Å². The highest BCUT2D eigenvalue weighted by atomic mass is 16.4. The molecule has 5 N–H and O–H groups in total. The number of primary amides is 1. The fraction of sp³-hybridized carbons (Fsp3) is 0.200. The molecule has 3 amide bonds. The minimum Gasteiger partial charge on any atom is -0.481 e. The topological polar surface area (TPSA) is 134 Å². The van der Waals surface area contributed by atoms with Gasteiger partial charge in [0.05, 0.1) is 30.5 Å². The number of carbonyl (C=O) groups excluding carboxylic acids is 2.